The molecule has 114 valence electrons. The molecular weight excluding hydrogens is 278 g/mol. The van der Waals surface area contributed by atoms with Crippen LogP contribution in [0.15, 0.2) is 12.1 Å². The number of hydrogen-bond donors (Lipinski definition) is 1. The number of hydrogen-bond acceptors (Lipinski definition) is 3. The van der Waals surface area contributed by atoms with Gasteiger partial charge in [-0.2, -0.15) is 5.10 Å². The molecule has 3 nitrogen and oxygen atoms in total. The summed E-state index contributed by atoms with van der Waals surface area (Å²) in [6.45, 7) is 5.26. The van der Waals surface area contributed by atoms with E-state index in [1.165, 1.54) is 36.3 Å². The summed E-state index contributed by atoms with van der Waals surface area (Å²) in [5.41, 5.74) is 4.02. The Balaban J connectivity index is 1.83. The average Bonchev–Trinajstić information content (AvgIpc) is 3.01. The van der Waals surface area contributed by atoms with Gasteiger partial charge in [-0.05, 0) is 56.8 Å². The van der Waals surface area contributed by atoms with E-state index in [0.717, 1.165) is 18.7 Å². The van der Waals surface area contributed by atoms with Crippen LogP contribution in [0.5, 0.6) is 0 Å². The first-order valence-electron chi connectivity index (χ1n) is 8.01. The summed E-state index contributed by atoms with van der Waals surface area (Å²) in [5, 5.41) is 8.14. The molecule has 0 amide bonds. The van der Waals surface area contributed by atoms with Crippen LogP contribution in [-0.2, 0) is 26.3 Å². The monoisotopic (exact) mass is 303 g/mol. The van der Waals surface area contributed by atoms with Crippen LogP contribution in [-0.4, -0.2) is 16.3 Å². The molecule has 3 rings (SSSR count). The first-order chi connectivity index (χ1) is 10.2. The molecule has 1 atom stereocenters. The predicted molar refractivity (Wildman–Crippen MR) is 89.0 cm³/mol. The maximum absolute atomic E-state index is 4.48. The van der Waals surface area contributed by atoms with E-state index in [9.17, 15) is 0 Å². The smallest absolute Gasteiger partial charge is 0.0596 e. The van der Waals surface area contributed by atoms with Crippen molar-refractivity contribution >= 4 is 11.3 Å². The number of fused-ring (bicyclic) bond motifs is 1. The fourth-order valence-corrected chi connectivity index (χ4v) is 4.60. The topological polar surface area (TPSA) is 29.9 Å². The van der Waals surface area contributed by atoms with Gasteiger partial charge in [0.2, 0.25) is 0 Å². The third-order valence-electron chi connectivity index (χ3n) is 4.32. The Labute approximate surface area is 131 Å². The van der Waals surface area contributed by atoms with Crippen molar-refractivity contribution in [2.24, 2.45) is 7.05 Å². The van der Waals surface area contributed by atoms with Crippen molar-refractivity contribution in [3.8, 4) is 0 Å². The van der Waals surface area contributed by atoms with Gasteiger partial charge < -0.3 is 5.32 Å². The van der Waals surface area contributed by atoms with E-state index in [1.54, 1.807) is 10.4 Å². The van der Waals surface area contributed by atoms with E-state index in [2.05, 4.69) is 36.4 Å². The van der Waals surface area contributed by atoms with Crippen molar-refractivity contribution in [1.82, 2.24) is 15.1 Å². The van der Waals surface area contributed by atoms with Crippen molar-refractivity contribution in [1.29, 1.82) is 0 Å². The van der Waals surface area contributed by atoms with E-state index in [4.69, 9.17) is 0 Å². The molecule has 0 radical (unpaired) electrons. The van der Waals surface area contributed by atoms with Gasteiger partial charge in [0, 0.05) is 35.0 Å². The Bertz CT molecular complexity index is 588. The quantitative estimate of drug-likeness (QED) is 0.915. The summed E-state index contributed by atoms with van der Waals surface area (Å²) >= 11 is 2.02. The predicted octanol–water partition coefficient (Wildman–Crippen LogP) is 3.56. The Kier molecular flexibility index (Phi) is 4.45. The summed E-state index contributed by atoms with van der Waals surface area (Å²) in [5.74, 6) is 0. The zero-order chi connectivity index (χ0) is 14.8. The van der Waals surface area contributed by atoms with Gasteiger partial charge in [0.25, 0.3) is 0 Å². The maximum atomic E-state index is 4.48. The maximum Gasteiger partial charge on any atom is 0.0596 e. The van der Waals surface area contributed by atoms with Crippen molar-refractivity contribution in [2.75, 3.05) is 6.54 Å². The molecule has 0 bridgehead atoms. The van der Waals surface area contributed by atoms with Gasteiger partial charge in [0.15, 0.2) is 0 Å². The van der Waals surface area contributed by atoms with Gasteiger partial charge in [0.05, 0.1) is 5.69 Å². The van der Waals surface area contributed by atoms with Crippen LogP contribution >= 0.6 is 11.3 Å². The molecular formula is C17H25N3S. The van der Waals surface area contributed by atoms with Gasteiger partial charge in [-0.25, -0.2) is 0 Å². The number of likely N-dealkylation sites (N-methyl/N-ethyl adjacent to an activating group) is 1. The Morgan fingerprint density at radius 2 is 2.14 bits per heavy atom. The molecule has 0 fully saturated rings. The van der Waals surface area contributed by atoms with Crippen molar-refractivity contribution < 1.29 is 0 Å². The van der Waals surface area contributed by atoms with Crippen LogP contribution in [0.1, 0.15) is 52.5 Å². The minimum absolute atomic E-state index is 0.417. The number of nitrogens with one attached hydrogen (secondary N) is 1. The molecule has 1 aliphatic rings. The number of thiophene rings is 1. The highest BCUT2D eigenvalue weighted by molar-refractivity contribution is 7.12. The lowest BCUT2D eigenvalue weighted by Crippen LogP contribution is -2.23. The zero-order valence-electron chi connectivity index (χ0n) is 13.3. The zero-order valence-corrected chi connectivity index (χ0v) is 14.1. The lowest BCUT2D eigenvalue weighted by atomic mass is 9.98. The van der Waals surface area contributed by atoms with Crippen LogP contribution in [0.3, 0.4) is 0 Å². The third-order valence-corrected chi connectivity index (χ3v) is 5.67. The number of rotatable bonds is 5. The molecule has 4 heteroatoms. The highest BCUT2D eigenvalue weighted by Crippen LogP contribution is 2.34. The van der Waals surface area contributed by atoms with Gasteiger partial charge in [-0.1, -0.05) is 6.92 Å². The summed E-state index contributed by atoms with van der Waals surface area (Å²) in [6.07, 6.45) is 6.29. The van der Waals surface area contributed by atoms with Gasteiger partial charge in [-0.3, -0.25) is 4.68 Å². The first kappa shape index (κ1) is 14.8. The number of aryl methyl sites for hydroxylation is 4. The molecule has 2 aromatic heterocycles. The molecule has 1 unspecified atom stereocenters. The van der Waals surface area contributed by atoms with Crippen LogP contribution in [0.2, 0.25) is 0 Å². The van der Waals surface area contributed by atoms with Crippen LogP contribution in [0, 0.1) is 6.92 Å². The van der Waals surface area contributed by atoms with E-state index < -0.39 is 0 Å². The van der Waals surface area contributed by atoms with Crippen molar-refractivity contribution in [3.63, 3.8) is 0 Å². The second kappa shape index (κ2) is 6.32. The second-order valence-electron chi connectivity index (χ2n) is 6.02. The van der Waals surface area contributed by atoms with E-state index in [0.29, 0.717) is 6.04 Å². The van der Waals surface area contributed by atoms with Gasteiger partial charge >= 0.3 is 0 Å². The summed E-state index contributed by atoms with van der Waals surface area (Å²) in [7, 11) is 2.05. The van der Waals surface area contributed by atoms with E-state index >= 15 is 0 Å². The van der Waals surface area contributed by atoms with Crippen LogP contribution in [0.25, 0.3) is 0 Å². The molecule has 21 heavy (non-hydrogen) atoms. The fourth-order valence-electron chi connectivity index (χ4n) is 3.27. The second-order valence-corrected chi connectivity index (χ2v) is 7.19. The van der Waals surface area contributed by atoms with Gasteiger partial charge in [-0.15, -0.1) is 11.3 Å². The Morgan fingerprint density at radius 3 is 2.81 bits per heavy atom. The Morgan fingerprint density at radius 1 is 1.33 bits per heavy atom. The summed E-state index contributed by atoms with van der Waals surface area (Å²) in [4.78, 5) is 3.13. The molecule has 1 N–H and O–H groups in total. The molecule has 0 saturated heterocycles. The average molecular weight is 303 g/mol. The molecule has 0 aliphatic heterocycles. The van der Waals surface area contributed by atoms with Crippen molar-refractivity contribution in [2.45, 2.75) is 52.0 Å². The van der Waals surface area contributed by atoms with Crippen LogP contribution in [0.4, 0.5) is 0 Å². The third kappa shape index (κ3) is 3.22. The van der Waals surface area contributed by atoms with Crippen molar-refractivity contribution in [3.05, 3.63) is 38.8 Å². The standard InChI is InChI=1S/C17H25N3S/c1-4-18-15(11-14-9-12(2)19-20(14)3)17-10-13-7-5-6-8-16(13)21-17/h9-10,15,18H,4-8,11H2,1-3H3. The van der Waals surface area contributed by atoms with E-state index in [1.807, 2.05) is 23.1 Å². The molecule has 1 aliphatic carbocycles. The molecule has 2 aromatic rings. The first-order valence-corrected chi connectivity index (χ1v) is 8.83. The minimum atomic E-state index is 0.417. The molecule has 0 saturated carbocycles. The van der Waals surface area contributed by atoms with Gasteiger partial charge in [0.1, 0.15) is 0 Å². The summed E-state index contributed by atoms with van der Waals surface area (Å²) in [6, 6.07) is 5.08. The Hall–Kier alpha value is -1.13. The lowest BCUT2D eigenvalue weighted by Gasteiger charge is -2.16. The minimum Gasteiger partial charge on any atom is -0.309 e. The molecule has 2 heterocycles. The lowest BCUT2D eigenvalue weighted by molar-refractivity contribution is 0.535. The highest BCUT2D eigenvalue weighted by atomic mass is 32.1. The normalized spacial score (nSPS) is 16.0. The number of nitrogens with zero attached hydrogens (tertiary/aromatic N) is 2. The van der Waals surface area contributed by atoms with Crippen LogP contribution < -0.4 is 5.32 Å². The molecule has 0 aromatic carbocycles. The fraction of sp³-hybridized carbons (Fsp3) is 0.588. The largest absolute Gasteiger partial charge is 0.309 e. The SMILES string of the molecule is CCNC(Cc1cc(C)nn1C)c1cc2c(s1)CCCC2. The summed E-state index contributed by atoms with van der Waals surface area (Å²) < 4.78 is 2.02. The molecule has 0 spiro atoms. The highest BCUT2D eigenvalue weighted by Gasteiger charge is 2.20. The number of aromatic nitrogens is 2. The van der Waals surface area contributed by atoms with E-state index in [-0.39, 0.29) is 0 Å².